The topological polar surface area (TPSA) is 57.8 Å². The molecule has 0 radical (unpaired) electrons. The minimum absolute atomic E-state index is 0.504. The van der Waals surface area contributed by atoms with Crippen LogP contribution in [0.25, 0.3) is 5.70 Å². The maximum atomic E-state index is 5.35. The van der Waals surface area contributed by atoms with Gasteiger partial charge >= 0.3 is 0 Å². The van der Waals surface area contributed by atoms with E-state index >= 15 is 0 Å². The summed E-state index contributed by atoms with van der Waals surface area (Å²) in [6, 6.07) is 0. The molecule has 0 saturated carbocycles. The Morgan fingerprint density at radius 3 is 2.65 bits per heavy atom. The van der Waals surface area contributed by atoms with Gasteiger partial charge in [0.2, 0.25) is 0 Å². The molecule has 1 saturated heterocycles. The van der Waals surface area contributed by atoms with Gasteiger partial charge in [-0.2, -0.15) is 4.98 Å². The van der Waals surface area contributed by atoms with Gasteiger partial charge in [-0.1, -0.05) is 12.1 Å². The first-order valence-electron chi connectivity index (χ1n) is 7.11. The van der Waals surface area contributed by atoms with Crippen molar-refractivity contribution >= 4 is 12.0 Å². The fourth-order valence-corrected chi connectivity index (χ4v) is 2.17. The number of nitrogens with zero attached hydrogens (tertiary/aromatic N) is 5. The zero-order valence-corrected chi connectivity index (χ0v) is 12.8. The molecule has 0 unspecified atom stereocenters. The molecule has 110 valence electrons. The second kappa shape index (κ2) is 6.54. The summed E-state index contributed by atoms with van der Waals surface area (Å²) in [5.74, 6) is 1.22. The number of likely N-dealkylation sites (tertiary alicyclic amines) is 1. The lowest BCUT2D eigenvalue weighted by atomic mass is 10.3. The maximum Gasteiger partial charge on any atom is 0.278 e. The van der Waals surface area contributed by atoms with Crippen LogP contribution in [-0.2, 0) is 6.42 Å². The molecule has 1 aromatic rings. The Morgan fingerprint density at radius 1 is 1.40 bits per heavy atom. The second-order valence-electron chi connectivity index (χ2n) is 5.21. The highest BCUT2D eigenvalue weighted by atomic mass is 16.5. The Morgan fingerprint density at radius 2 is 2.10 bits per heavy atom. The smallest absolute Gasteiger partial charge is 0.278 e. The Bertz CT molecular complexity index is 497. The Kier molecular flexibility index (Phi) is 4.76. The molecule has 1 aromatic heterocycles. The van der Waals surface area contributed by atoms with E-state index in [-0.39, 0.29) is 0 Å². The van der Waals surface area contributed by atoms with Crippen molar-refractivity contribution < 1.29 is 4.52 Å². The molecule has 0 amide bonds. The molecule has 0 aromatic carbocycles. The van der Waals surface area contributed by atoms with E-state index in [1.807, 2.05) is 25.9 Å². The van der Waals surface area contributed by atoms with Crippen LogP contribution in [0.1, 0.15) is 38.4 Å². The summed E-state index contributed by atoms with van der Waals surface area (Å²) in [5, 5.41) is 3.97. The maximum absolute atomic E-state index is 5.35. The fourth-order valence-electron chi connectivity index (χ4n) is 2.17. The lowest BCUT2D eigenvalue weighted by molar-refractivity contribution is 0.393. The van der Waals surface area contributed by atoms with Crippen molar-refractivity contribution in [2.75, 3.05) is 27.2 Å². The molecule has 0 spiro atoms. The standard InChI is InChI=1S/C14H23N5O/c1-5-12-16-14(20-17-12)13(15-10-18(3)4)11(2)19-8-6-7-9-19/h10H,5-9H2,1-4H3. The summed E-state index contributed by atoms with van der Waals surface area (Å²) < 4.78 is 5.35. The summed E-state index contributed by atoms with van der Waals surface area (Å²) in [5.41, 5.74) is 1.87. The Balaban J connectivity index is 2.35. The highest BCUT2D eigenvalue weighted by Crippen LogP contribution is 2.24. The van der Waals surface area contributed by atoms with Crippen LogP contribution in [0.3, 0.4) is 0 Å². The van der Waals surface area contributed by atoms with E-state index in [9.17, 15) is 0 Å². The summed E-state index contributed by atoms with van der Waals surface area (Å²) in [7, 11) is 3.88. The van der Waals surface area contributed by atoms with Gasteiger partial charge in [-0.25, -0.2) is 4.99 Å². The second-order valence-corrected chi connectivity index (χ2v) is 5.21. The molecule has 1 aliphatic rings. The van der Waals surface area contributed by atoms with Gasteiger partial charge in [0.25, 0.3) is 5.89 Å². The van der Waals surface area contributed by atoms with Crippen molar-refractivity contribution in [2.24, 2.45) is 4.99 Å². The Hall–Kier alpha value is -1.85. The zero-order valence-electron chi connectivity index (χ0n) is 12.8. The average molecular weight is 277 g/mol. The summed E-state index contributed by atoms with van der Waals surface area (Å²) in [6.45, 7) is 6.22. The molecule has 0 bridgehead atoms. The molecule has 6 heteroatoms. The highest BCUT2D eigenvalue weighted by Gasteiger charge is 2.19. The van der Waals surface area contributed by atoms with Gasteiger partial charge in [0, 0.05) is 39.3 Å². The van der Waals surface area contributed by atoms with Crippen LogP contribution >= 0.6 is 0 Å². The van der Waals surface area contributed by atoms with Crippen LogP contribution in [0.15, 0.2) is 15.2 Å². The number of aliphatic imine (C=N–C) groups is 1. The largest absolute Gasteiger partial charge is 0.373 e. The highest BCUT2D eigenvalue weighted by molar-refractivity contribution is 5.70. The van der Waals surface area contributed by atoms with E-state index in [1.165, 1.54) is 12.8 Å². The van der Waals surface area contributed by atoms with Gasteiger partial charge in [0.05, 0.1) is 6.34 Å². The molecule has 0 N–H and O–H groups in total. The normalized spacial score (nSPS) is 16.9. The van der Waals surface area contributed by atoms with E-state index in [1.54, 1.807) is 6.34 Å². The number of allylic oxidation sites excluding steroid dienone is 1. The third-order valence-electron chi connectivity index (χ3n) is 3.33. The van der Waals surface area contributed by atoms with Gasteiger partial charge in [0.15, 0.2) is 5.82 Å². The first-order valence-corrected chi connectivity index (χ1v) is 7.11. The number of aromatic nitrogens is 2. The lowest BCUT2D eigenvalue weighted by Crippen LogP contribution is -2.18. The monoisotopic (exact) mass is 277 g/mol. The average Bonchev–Trinajstić information content (AvgIpc) is 3.09. The Labute approximate surface area is 120 Å². The molecule has 2 rings (SSSR count). The lowest BCUT2D eigenvalue weighted by Gasteiger charge is -2.19. The molecule has 6 nitrogen and oxygen atoms in total. The van der Waals surface area contributed by atoms with Crippen molar-refractivity contribution in [3.8, 4) is 0 Å². The van der Waals surface area contributed by atoms with Crippen molar-refractivity contribution in [3.63, 3.8) is 0 Å². The predicted molar refractivity (Wildman–Crippen MR) is 79.3 cm³/mol. The molecule has 20 heavy (non-hydrogen) atoms. The van der Waals surface area contributed by atoms with Crippen molar-refractivity contribution in [1.82, 2.24) is 19.9 Å². The zero-order chi connectivity index (χ0) is 14.5. The first-order chi connectivity index (χ1) is 9.61. The van der Waals surface area contributed by atoms with Crippen molar-refractivity contribution in [2.45, 2.75) is 33.1 Å². The predicted octanol–water partition coefficient (Wildman–Crippen LogP) is 2.01. The molecule has 2 heterocycles. The SMILES string of the molecule is CCc1noc(C(N=CN(C)C)=C(C)N2CCCC2)n1. The van der Waals surface area contributed by atoms with Gasteiger partial charge in [-0.05, 0) is 19.8 Å². The minimum atomic E-state index is 0.504. The van der Waals surface area contributed by atoms with Crippen LogP contribution in [0.4, 0.5) is 0 Å². The van der Waals surface area contributed by atoms with E-state index in [0.29, 0.717) is 11.7 Å². The van der Waals surface area contributed by atoms with E-state index < -0.39 is 0 Å². The third kappa shape index (κ3) is 3.37. The van der Waals surface area contributed by atoms with Gasteiger partial charge in [0.1, 0.15) is 5.70 Å². The molecule has 0 atom stereocenters. The number of hydrogen-bond donors (Lipinski definition) is 0. The third-order valence-corrected chi connectivity index (χ3v) is 3.33. The quantitative estimate of drug-likeness (QED) is 0.608. The first kappa shape index (κ1) is 14.6. The van der Waals surface area contributed by atoms with Gasteiger partial charge in [-0.3, -0.25) is 0 Å². The van der Waals surface area contributed by atoms with E-state index in [4.69, 9.17) is 4.52 Å². The number of hydrogen-bond acceptors (Lipinski definition) is 5. The van der Waals surface area contributed by atoms with Crippen LogP contribution in [0.5, 0.6) is 0 Å². The number of rotatable bonds is 5. The molecular formula is C14H23N5O. The van der Waals surface area contributed by atoms with Crippen LogP contribution in [0, 0.1) is 0 Å². The summed E-state index contributed by atoms with van der Waals surface area (Å²) >= 11 is 0. The van der Waals surface area contributed by atoms with Crippen molar-refractivity contribution in [1.29, 1.82) is 0 Å². The van der Waals surface area contributed by atoms with Gasteiger partial charge in [-0.15, -0.1) is 0 Å². The van der Waals surface area contributed by atoms with E-state index in [2.05, 4.69) is 27.0 Å². The van der Waals surface area contributed by atoms with E-state index in [0.717, 1.165) is 30.9 Å². The van der Waals surface area contributed by atoms with Crippen molar-refractivity contribution in [3.05, 3.63) is 17.4 Å². The van der Waals surface area contributed by atoms with Crippen LogP contribution in [0.2, 0.25) is 0 Å². The van der Waals surface area contributed by atoms with Gasteiger partial charge < -0.3 is 14.3 Å². The fraction of sp³-hybridized carbons (Fsp3) is 0.643. The number of aryl methyl sites for hydroxylation is 1. The minimum Gasteiger partial charge on any atom is -0.373 e. The molecule has 0 aliphatic carbocycles. The molecule has 1 fully saturated rings. The summed E-state index contributed by atoms with van der Waals surface area (Å²) in [4.78, 5) is 13.2. The van der Waals surface area contributed by atoms with Crippen LogP contribution in [-0.4, -0.2) is 53.5 Å². The molecule has 1 aliphatic heterocycles. The molecular weight excluding hydrogens is 254 g/mol. The van der Waals surface area contributed by atoms with Crippen LogP contribution < -0.4 is 0 Å². The summed E-state index contributed by atoms with van der Waals surface area (Å²) in [6.07, 6.45) is 4.99.